The summed E-state index contributed by atoms with van der Waals surface area (Å²) in [7, 11) is 0. The van der Waals surface area contributed by atoms with Gasteiger partial charge >= 0.3 is 0 Å². The van der Waals surface area contributed by atoms with Crippen LogP contribution in [0.3, 0.4) is 0 Å². The molecule has 0 atom stereocenters. The maximum Gasteiger partial charge on any atom is 0.231 e. The highest BCUT2D eigenvalue weighted by Gasteiger charge is 2.30. The van der Waals surface area contributed by atoms with Crippen LogP contribution in [0.5, 0.6) is 11.5 Å². The maximum absolute atomic E-state index is 6.41. The molecule has 1 aromatic rings. The molecule has 3 aliphatic rings. The third-order valence-electron chi connectivity index (χ3n) is 4.95. The number of benzene rings is 1. The van der Waals surface area contributed by atoms with E-state index in [4.69, 9.17) is 21.1 Å². The lowest BCUT2D eigenvalue weighted by Gasteiger charge is -2.40. The zero-order valence-corrected chi connectivity index (χ0v) is 13.0. The molecule has 0 unspecified atom stereocenters. The second-order valence-corrected chi connectivity index (χ2v) is 6.75. The molecule has 3 nitrogen and oxygen atoms in total. The number of rotatable bonds is 1. The maximum atomic E-state index is 6.41. The molecule has 0 radical (unpaired) electrons. The Kier molecular flexibility index (Phi) is 3.26. The Morgan fingerprint density at radius 2 is 1.81 bits per heavy atom. The average Bonchev–Trinajstić information content (AvgIpc) is 2.95. The van der Waals surface area contributed by atoms with Crippen molar-refractivity contribution in [3.05, 3.63) is 23.8 Å². The predicted octanol–water partition coefficient (Wildman–Crippen LogP) is 4.39. The van der Waals surface area contributed by atoms with Gasteiger partial charge in [0.15, 0.2) is 11.5 Å². The molecule has 4 rings (SSSR count). The first kappa shape index (κ1) is 13.3. The normalized spacial score (nSPS) is 27.3. The summed E-state index contributed by atoms with van der Waals surface area (Å²) < 4.78 is 11.0. The largest absolute Gasteiger partial charge is 0.454 e. The van der Waals surface area contributed by atoms with E-state index in [1.807, 2.05) is 6.07 Å². The van der Waals surface area contributed by atoms with Gasteiger partial charge in [0.2, 0.25) is 6.79 Å². The van der Waals surface area contributed by atoms with Crippen LogP contribution in [0, 0.1) is 5.92 Å². The zero-order chi connectivity index (χ0) is 14.4. The molecular weight excluding hydrogens is 286 g/mol. The molecular formula is C17H20ClNO2. The van der Waals surface area contributed by atoms with Crippen molar-refractivity contribution in [3.8, 4) is 11.5 Å². The van der Waals surface area contributed by atoms with Crippen molar-refractivity contribution in [1.29, 1.82) is 0 Å². The number of hydrogen-bond donors (Lipinski definition) is 0. The van der Waals surface area contributed by atoms with E-state index in [0.717, 1.165) is 34.6 Å². The third kappa shape index (κ3) is 2.28. The van der Waals surface area contributed by atoms with E-state index >= 15 is 0 Å². The Morgan fingerprint density at radius 3 is 2.57 bits per heavy atom. The van der Waals surface area contributed by atoms with E-state index in [0.29, 0.717) is 12.8 Å². The van der Waals surface area contributed by atoms with E-state index in [1.165, 1.54) is 31.4 Å². The first-order valence-electron chi connectivity index (χ1n) is 7.78. The monoisotopic (exact) mass is 305 g/mol. The second-order valence-electron chi connectivity index (χ2n) is 6.34. The summed E-state index contributed by atoms with van der Waals surface area (Å²) in [6.45, 7) is 3.56. The summed E-state index contributed by atoms with van der Waals surface area (Å²) in [5, 5.41) is 0.823. The summed E-state index contributed by atoms with van der Waals surface area (Å²) >= 11 is 6.41. The summed E-state index contributed by atoms with van der Waals surface area (Å²) in [6.07, 6.45) is 7.28. The van der Waals surface area contributed by atoms with E-state index in [1.54, 1.807) is 0 Å². The van der Waals surface area contributed by atoms with Gasteiger partial charge in [0, 0.05) is 34.9 Å². The molecule has 112 valence electrons. The molecule has 4 heteroatoms. The van der Waals surface area contributed by atoms with E-state index in [2.05, 4.69) is 24.0 Å². The van der Waals surface area contributed by atoms with E-state index < -0.39 is 0 Å². The first-order valence-corrected chi connectivity index (χ1v) is 8.16. The molecule has 2 aliphatic heterocycles. The lowest BCUT2D eigenvalue weighted by atomic mass is 9.86. The van der Waals surface area contributed by atoms with E-state index in [-0.39, 0.29) is 0 Å². The molecule has 0 saturated heterocycles. The Labute approximate surface area is 130 Å². The van der Waals surface area contributed by atoms with Crippen LogP contribution in [0.25, 0.3) is 5.03 Å². The second kappa shape index (κ2) is 5.13. The van der Waals surface area contributed by atoms with Gasteiger partial charge in [-0.15, -0.1) is 0 Å². The van der Waals surface area contributed by atoms with Crippen LogP contribution < -0.4 is 14.4 Å². The Hall–Kier alpha value is -1.35. The van der Waals surface area contributed by atoms with Gasteiger partial charge < -0.3 is 14.4 Å². The molecule has 0 amide bonds. The number of hydrogen-bond acceptors (Lipinski definition) is 3. The van der Waals surface area contributed by atoms with Crippen LogP contribution in [0.2, 0.25) is 0 Å². The predicted molar refractivity (Wildman–Crippen MR) is 85.2 cm³/mol. The molecule has 21 heavy (non-hydrogen) atoms. The average molecular weight is 306 g/mol. The van der Waals surface area contributed by atoms with Crippen molar-refractivity contribution in [2.45, 2.75) is 38.6 Å². The minimum absolute atomic E-state index is 0.306. The third-order valence-corrected chi connectivity index (χ3v) is 5.31. The number of nitrogens with zero attached hydrogens (tertiary/aromatic N) is 1. The van der Waals surface area contributed by atoms with Crippen molar-refractivity contribution < 1.29 is 9.47 Å². The number of fused-ring (bicyclic) bond motifs is 2. The first-order chi connectivity index (χ1) is 10.2. The van der Waals surface area contributed by atoms with Gasteiger partial charge in [-0.05, 0) is 43.7 Å². The summed E-state index contributed by atoms with van der Waals surface area (Å²) in [5.41, 5.74) is 2.28. The number of anilines is 1. The fourth-order valence-corrected chi connectivity index (χ4v) is 3.87. The topological polar surface area (TPSA) is 21.7 Å². The highest BCUT2D eigenvalue weighted by atomic mass is 35.5. The van der Waals surface area contributed by atoms with Crippen molar-refractivity contribution in [2.24, 2.45) is 5.92 Å². The lowest BCUT2D eigenvalue weighted by molar-refractivity contribution is 0.174. The smallest absolute Gasteiger partial charge is 0.231 e. The SMILES string of the molecule is CC1CCC(N2CC=C(Cl)c3cc4c(cc32)OCO4)CC1. The molecule has 1 aliphatic carbocycles. The summed E-state index contributed by atoms with van der Waals surface area (Å²) in [4.78, 5) is 2.50. The van der Waals surface area contributed by atoms with Gasteiger partial charge in [-0.25, -0.2) is 0 Å². The number of halogens is 1. The fraction of sp³-hybridized carbons (Fsp3) is 0.529. The van der Waals surface area contributed by atoms with E-state index in [9.17, 15) is 0 Å². The lowest BCUT2D eigenvalue weighted by Crippen LogP contribution is -2.39. The molecule has 0 aromatic heterocycles. The molecule has 2 heterocycles. The molecule has 0 bridgehead atoms. The van der Waals surface area contributed by atoms with Crippen LogP contribution in [-0.4, -0.2) is 19.4 Å². The van der Waals surface area contributed by atoms with Gasteiger partial charge in [-0.3, -0.25) is 0 Å². The van der Waals surface area contributed by atoms with Gasteiger partial charge in [0.25, 0.3) is 0 Å². The zero-order valence-electron chi connectivity index (χ0n) is 12.3. The van der Waals surface area contributed by atoms with Crippen molar-refractivity contribution in [1.82, 2.24) is 0 Å². The summed E-state index contributed by atoms with van der Waals surface area (Å²) in [5.74, 6) is 2.51. The number of ether oxygens (including phenoxy) is 2. The molecule has 1 fully saturated rings. The van der Waals surface area contributed by atoms with Gasteiger partial charge in [-0.2, -0.15) is 0 Å². The Bertz CT molecular complexity index is 591. The summed E-state index contributed by atoms with van der Waals surface area (Å²) in [6, 6.07) is 4.74. The fourth-order valence-electron chi connectivity index (χ4n) is 3.65. The van der Waals surface area contributed by atoms with Crippen molar-refractivity contribution >= 4 is 22.3 Å². The van der Waals surface area contributed by atoms with Crippen LogP contribution in [0.15, 0.2) is 18.2 Å². The van der Waals surface area contributed by atoms with Crippen molar-refractivity contribution in [2.75, 3.05) is 18.2 Å². The Balaban J connectivity index is 1.70. The van der Waals surface area contributed by atoms with Crippen LogP contribution in [0.4, 0.5) is 5.69 Å². The molecule has 1 saturated carbocycles. The minimum atomic E-state index is 0.306. The molecule has 0 N–H and O–H groups in total. The van der Waals surface area contributed by atoms with Crippen molar-refractivity contribution in [3.63, 3.8) is 0 Å². The molecule has 0 spiro atoms. The highest BCUT2D eigenvalue weighted by molar-refractivity contribution is 6.49. The quantitative estimate of drug-likeness (QED) is 0.768. The van der Waals surface area contributed by atoms with Crippen LogP contribution >= 0.6 is 11.6 Å². The van der Waals surface area contributed by atoms with Gasteiger partial charge in [0.05, 0.1) is 0 Å². The van der Waals surface area contributed by atoms with Gasteiger partial charge in [-0.1, -0.05) is 18.5 Å². The minimum Gasteiger partial charge on any atom is -0.454 e. The standard InChI is InChI=1S/C17H20ClNO2/c1-11-2-4-12(5-3-11)19-7-6-14(18)13-8-16-17(9-15(13)19)21-10-20-16/h6,8-9,11-12H,2-5,7,10H2,1H3. The van der Waals surface area contributed by atoms with Crippen LogP contribution in [-0.2, 0) is 0 Å². The molecule has 1 aromatic carbocycles. The Morgan fingerprint density at radius 1 is 1.10 bits per heavy atom. The highest BCUT2D eigenvalue weighted by Crippen LogP contribution is 2.45. The van der Waals surface area contributed by atoms with Crippen LogP contribution in [0.1, 0.15) is 38.2 Å². The van der Waals surface area contributed by atoms with Gasteiger partial charge in [0.1, 0.15) is 0 Å².